The zero-order valence-corrected chi connectivity index (χ0v) is 12.9. The standard InChI is InChI=1S/C14H18ClNO3S/c1-10-2-5-12(6-3-10)20(18,19)16-9-11-4-7-14(17)13(15)8-11/h2-3,5-6,11,13,16H,4,7-9H2,1H3. The van der Waals surface area contributed by atoms with Crippen LogP contribution in [0.2, 0.25) is 0 Å². The number of rotatable bonds is 4. The van der Waals surface area contributed by atoms with E-state index in [1.807, 2.05) is 6.92 Å². The van der Waals surface area contributed by atoms with Crippen molar-refractivity contribution in [2.45, 2.75) is 36.5 Å². The minimum Gasteiger partial charge on any atom is -0.298 e. The average Bonchev–Trinajstić information content (AvgIpc) is 2.41. The van der Waals surface area contributed by atoms with Crippen LogP contribution in [0.4, 0.5) is 0 Å². The van der Waals surface area contributed by atoms with Gasteiger partial charge >= 0.3 is 0 Å². The van der Waals surface area contributed by atoms with Crippen LogP contribution in [-0.4, -0.2) is 26.1 Å². The Morgan fingerprint density at radius 1 is 1.30 bits per heavy atom. The van der Waals surface area contributed by atoms with Crippen LogP contribution in [0.25, 0.3) is 0 Å². The van der Waals surface area contributed by atoms with Crippen molar-refractivity contribution in [1.29, 1.82) is 0 Å². The Morgan fingerprint density at radius 3 is 2.55 bits per heavy atom. The second-order valence-corrected chi connectivity index (χ2v) is 7.53. The normalized spacial score (nSPS) is 23.8. The summed E-state index contributed by atoms with van der Waals surface area (Å²) in [5.41, 5.74) is 1.01. The number of hydrogen-bond donors (Lipinski definition) is 1. The highest BCUT2D eigenvalue weighted by Gasteiger charge is 2.28. The molecule has 0 bridgehead atoms. The molecule has 0 aliphatic heterocycles. The second-order valence-electron chi connectivity index (χ2n) is 5.24. The molecule has 0 spiro atoms. The number of halogens is 1. The average molecular weight is 316 g/mol. The highest BCUT2D eigenvalue weighted by Crippen LogP contribution is 2.25. The lowest BCUT2D eigenvalue weighted by atomic mass is 9.88. The Labute approximate surface area is 124 Å². The minimum absolute atomic E-state index is 0.0595. The monoisotopic (exact) mass is 315 g/mol. The Hall–Kier alpha value is -0.910. The van der Waals surface area contributed by atoms with Gasteiger partial charge in [0.05, 0.1) is 10.3 Å². The molecule has 6 heteroatoms. The predicted octanol–water partition coefficient (Wildman–Crippen LogP) is 2.25. The molecular weight excluding hydrogens is 298 g/mol. The van der Waals surface area contributed by atoms with Gasteiger partial charge in [-0.15, -0.1) is 11.6 Å². The third-order valence-electron chi connectivity index (χ3n) is 3.58. The Kier molecular flexibility index (Phi) is 4.83. The summed E-state index contributed by atoms with van der Waals surface area (Å²) in [6.07, 6.45) is 1.67. The number of ketones is 1. The molecular formula is C14H18ClNO3S. The first-order valence-corrected chi connectivity index (χ1v) is 8.53. The lowest BCUT2D eigenvalue weighted by molar-refractivity contribution is -0.120. The molecule has 0 heterocycles. The quantitative estimate of drug-likeness (QED) is 0.867. The fourth-order valence-electron chi connectivity index (χ4n) is 2.26. The number of Topliss-reactive ketones (excluding diaryl/α,β-unsaturated/α-hetero) is 1. The van der Waals surface area contributed by atoms with Gasteiger partial charge in [0.15, 0.2) is 5.78 Å². The van der Waals surface area contributed by atoms with E-state index in [1.54, 1.807) is 24.3 Å². The Morgan fingerprint density at radius 2 is 1.95 bits per heavy atom. The molecule has 0 aromatic heterocycles. The predicted molar refractivity (Wildman–Crippen MR) is 78.4 cm³/mol. The summed E-state index contributed by atoms with van der Waals surface area (Å²) in [5.74, 6) is 0.180. The highest BCUT2D eigenvalue weighted by molar-refractivity contribution is 7.89. The van der Waals surface area contributed by atoms with Crippen molar-refractivity contribution in [3.8, 4) is 0 Å². The number of sulfonamides is 1. The van der Waals surface area contributed by atoms with E-state index < -0.39 is 15.4 Å². The molecule has 2 rings (SSSR count). The van der Waals surface area contributed by atoms with Crippen LogP contribution < -0.4 is 4.72 Å². The van der Waals surface area contributed by atoms with Gasteiger partial charge in [-0.3, -0.25) is 4.79 Å². The summed E-state index contributed by atoms with van der Waals surface area (Å²) in [6.45, 7) is 2.23. The zero-order chi connectivity index (χ0) is 14.8. The van der Waals surface area contributed by atoms with Crippen LogP contribution in [0.5, 0.6) is 0 Å². The van der Waals surface area contributed by atoms with E-state index >= 15 is 0 Å². The topological polar surface area (TPSA) is 63.2 Å². The lowest BCUT2D eigenvalue weighted by Crippen LogP contribution is -2.34. The Bertz CT molecular complexity index is 583. The van der Waals surface area contributed by atoms with Gasteiger partial charge in [0.25, 0.3) is 0 Å². The smallest absolute Gasteiger partial charge is 0.240 e. The minimum atomic E-state index is -3.49. The van der Waals surface area contributed by atoms with E-state index in [4.69, 9.17) is 11.6 Å². The SMILES string of the molecule is Cc1ccc(S(=O)(=O)NCC2CCC(=O)C(Cl)C2)cc1. The number of carbonyl (C=O) groups excluding carboxylic acids is 1. The first-order chi connectivity index (χ1) is 9.38. The number of hydrogen-bond acceptors (Lipinski definition) is 3. The van der Waals surface area contributed by atoms with Gasteiger partial charge in [-0.05, 0) is 37.8 Å². The van der Waals surface area contributed by atoms with E-state index in [0.29, 0.717) is 25.8 Å². The summed E-state index contributed by atoms with van der Waals surface area (Å²) in [4.78, 5) is 11.6. The van der Waals surface area contributed by atoms with Crippen LogP contribution in [0.1, 0.15) is 24.8 Å². The molecule has 1 aromatic rings. The van der Waals surface area contributed by atoms with Gasteiger partial charge in [0, 0.05) is 13.0 Å². The molecule has 1 aliphatic carbocycles. The summed E-state index contributed by atoms with van der Waals surface area (Å²) in [5, 5.41) is -0.474. The van der Waals surface area contributed by atoms with Crippen LogP contribution in [0, 0.1) is 12.8 Å². The molecule has 0 radical (unpaired) electrons. The molecule has 2 unspecified atom stereocenters. The van der Waals surface area contributed by atoms with E-state index in [-0.39, 0.29) is 16.6 Å². The molecule has 1 fully saturated rings. The maximum absolute atomic E-state index is 12.1. The highest BCUT2D eigenvalue weighted by atomic mass is 35.5. The third kappa shape index (κ3) is 3.81. The summed E-state index contributed by atoms with van der Waals surface area (Å²) in [6, 6.07) is 6.71. The maximum atomic E-state index is 12.1. The van der Waals surface area contributed by atoms with Crippen molar-refractivity contribution in [1.82, 2.24) is 4.72 Å². The summed E-state index contributed by atoms with van der Waals surface area (Å²) >= 11 is 5.92. The lowest BCUT2D eigenvalue weighted by Gasteiger charge is -2.24. The summed E-state index contributed by atoms with van der Waals surface area (Å²) in [7, 11) is -3.49. The van der Waals surface area contributed by atoms with Crippen molar-refractivity contribution >= 4 is 27.4 Å². The van der Waals surface area contributed by atoms with Crippen LogP contribution in [0.3, 0.4) is 0 Å². The van der Waals surface area contributed by atoms with Gasteiger partial charge in [-0.25, -0.2) is 13.1 Å². The third-order valence-corrected chi connectivity index (χ3v) is 5.44. The van der Waals surface area contributed by atoms with Gasteiger partial charge in [-0.1, -0.05) is 17.7 Å². The van der Waals surface area contributed by atoms with Crippen molar-refractivity contribution < 1.29 is 13.2 Å². The molecule has 2 atom stereocenters. The number of nitrogens with one attached hydrogen (secondary N) is 1. The number of carbonyl (C=O) groups is 1. The second kappa shape index (κ2) is 6.24. The first kappa shape index (κ1) is 15.5. The number of benzene rings is 1. The van der Waals surface area contributed by atoms with E-state index in [2.05, 4.69) is 4.72 Å². The first-order valence-electron chi connectivity index (χ1n) is 6.61. The van der Waals surface area contributed by atoms with Crippen molar-refractivity contribution in [3.63, 3.8) is 0 Å². The van der Waals surface area contributed by atoms with Gasteiger partial charge in [0.2, 0.25) is 10.0 Å². The molecule has 110 valence electrons. The fraction of sp³-hybridized carbons (Fsp3) is 0.500. The zero-order valence-electron chi connectivity index (χ0n) is 11.3. The van der Waals surface area contributed by atoms with Gasteiger partial charge < -0.3 is 0 Å². The molecule has 1 saturated carbocycles. The largest absolute Gasteiger partial charge is 0.298 e. The van der Waals surface area contributed by atoms with Gasteiger partial charge in [0.1, 0.15) is 0 Å². The molecule has 0 saturated heterocycles. The van der Waals surface area contributed by atoms with E-state index in [9.17, 15) is 13.2 Å². The van der Waals surface area contributed by atoms with Crippen LogP contribution in [-0.2, 0) is 14.8 Å². The van der Waals surface area contributed by atoms with Crippen LogP contribution >= 0.6 is 11.6 Å². The molecule has 1 aromatic carbocycles. The number of aryl methyl sites for hydroxylation is 1. The van der Waals surface area contributed by atoms with Gasteiger partial charge in [-0.2, -0.15) is 0 Å². The van der Waals surface area contributed by atoms with Crippen molar-refractivity contribution in [2.75, 3.05) is 6.54 Å². The Balaban J connectivity index is 1.96. The van der Waals surface area contributed by atoms with Crippen molar-refractivity contribution in [3.05, 3.63) is 29.8 Å². The molecule has 4 nitrogen and oxygen atoms in total. The fourth-order valence-corrected chi connectivity index (χ4v) is 3.74. The van der Waals surface area contributed by atoms with E-state index in [1.165, 1.54) is 0 Å². The van der Waals surface area contributed by atoms with Crippen molar-refractivity contribution in [2.24, 2.45) is 5.92 Å². The summed E-state index contributed by atoms with van der Waals surface area (Å²) < 4.78 is 26.8. The maximum Gasteiger partial charge on any atom is 0.240 e. The molecule has 1 aliphatic rings. The molecule has 0 amide bonds. The van der Waals surface area contributed by atoms with Crippen LogP contribution in [0.15, 0.2) is 29.2 Å². The molecule has 20 heavy (non-hydrogen) atoms. The molecule has 1 N–H and O–H groups in total. The number of alkyl halides is 1. The van der Waals surface area contributed by atoms with E-state index in [0.717, 1.165) is 5.56 Å².